The number of hydrogen-bond donors (Lipinski definition) is 1. The number of rotatable bonds is 9. The third kappa shape index (κ3) is 8.50. The highest BCUT2D eigenvalue weighted by Crippen LogP contribution is 2.37. The monoisotopic (exact) mass is 521 g/mol. The van der Waals surface area contributed by atoms with Crippen LogP contribution in [0.3, 0.4) is 0 Å². The molecular weight excluding hydrogens is 474 g/mol. The van der Waals surface area contributed by atoms with Crippen LogP contribution in [0.25, 0.3) is 10.9 Å². The second kappa shape index (κ2) is 14.8. The van der Waals surface area contributed by atoms with E-state index in [2.05, 4.69) is 73.2 Å². The van der Waals surface area contributed by atoms with Crippen molar-refractivity contribution in [2.45, 2.75) is 39.2 Å². The molecule has 1 unspecified atom stereocenters. The molecule has 0 bridgehead atoms. The van der Waals surface area contributed by atoms with Crippen LogP contribution in [0.1, 0.15) is 31.7 Å². The topological polar surface area (TPSA) is 53.1 Å². The molecule has 2 aromatic carbocycles. The molecule has 1 atom stereocenters. The summed E-state index contributed by atoms with van der Waals surface area (Å²) in [6.45, 7) is 9.56. The summed E-state index contributed by atoms with van der Waals surface area (Å²) in [4.78, 5) is 12.1. The smallest absolute Gasteiger partial charge is 0.162 e. The van der Waals surface area contributed by atoms with Gasteiger partial charge in [-0.05, 0) is 66.5 Å². The summed E-state index contributed by atoms with van der Waals surface area (Å²) in [7, 11) is 9.79. The average Bonchev–Trinajstić information content (AvgIpc) is 3.15. The minimum Gasteiger partial charge on any atom is -0.493 e. The zero-order valence-corrected chi connectivity index (χ0v) is 24.5. The van der Waals surface area contributed by atoms with Crippen molar-refractivity contribution in [3.8, 4) is 11.5 Å². The van der Waals surface area contributed by atoms with Gasteiger partial charge < -0.3 is 29.5 Å². The number of fused-ring (bicyclic) bond motifs is 1. The van der Waals surface area contributed by atoms with E-state index in [1.807, 2.05) is 30.3 Å². The van der Waals surface area contributed by atoms with Crippen molar-refractivity contribution in [1.82, 2.24) is 14.8 Å². The molecule has 0 amide bonds. The third-order valence-electron chi connectivity index (χ3n) is 7.06. The Morgan fingerprint density at radius 1 is 0.974 bits per heavy atom. The maximum absolute atomic E-state index is 5.58. The normalized spacial score (nSPS) is 15.0. The van der Waals surface area contributed by atoms with Gasteiger partial charge in [0.1, 0.15) is 5.82 Å². The number of nitrogens with zero attached hydrogens (tertiary/aromatic N) is 4. The molecular formula is C31H47N5O2. The molecule has 0 spiro atoms. The summed E-state index contributed by atoms with van der Waals surface area (Å²) < 4.78 is 11.1. The van der Waals surface area contributed by atoms with E-state index in [1.165, 1.54) is 5.56 Å². The molecule has 2 heterocycles. The van der Waals surface area contributed by atoms with Crippen molar-refractivity contribution in [2.24, 2.45) is 0 Å². The van der Waals surface area contributed by atoms with Gasteiger partial charge >= 0.3 is 0 Å². The number of pyridine rings is 1. The SMILES string of the molecule is CCC(CCN(C)C)Nc1cc(N2CCCN(C)CC2)nc2cc(OC)c(OC)cc12.Cc1ccccc1. The van der Waals surface area contributed by atoms with Crippen LogP contribution in [0, 0.1) is 6.92 Å². The lowest BCUT2D eigenvalue weighted by atomic mass is 10.1. The molecule has 0 saturated carbocycles. The molecule has 7 heteroatoms. The Morgan fingerprint density at radius 2 is 1.68 bits per heavy atom. The van der Waals surface area contributed by atoms with Gasteiger partial charge in [0.15, 0.2) is 11.5 Å². The van der Waals surface area contributed by atoms with Crippen molar-refractivity contribution < 1.29 is 9.47 Å². The fraction of sp³-hybridized carbons (Fsp3) is 0.516. The van der Waals surface area contributed by atoms with Crippen LogP contribution in [0.4, 0.5) is 11.5 Å². The zero-order chi connectivity index (χ0) is 27.5. The van der Waals surface area contributed by atoms with Gasteiger partial charge in [-0.25, -0.2) is 4.98 Å². The Bertz CT molecular complexity index is 1120. The van der Waals surface area contributed by atoms with E-state index < -0.39 is 0 Å². The van der Waals surface area contributed by atoms with Crippen molar-refractivity contribution in [3.63, 3.8) is 0 Å². The van der Waals surface area contributed by atoms with Gasteiger partial charge in [-0.1, -0.05) is 42.8 Å². The van der Waals surface area contributed by atoms with Crippen LogP contribution < -0.4 is 19.7 Å². The minimum atomic E-state index is 0.393. The van der Waals surface area contributed by atoms with Crippen LogP contribution in [-0.2, 0) is 0 Å². The fourth-order valence-electron chi connectivity index (χ4n) is 4.64. The summed E-state index contributed by atoms with van der Waals surface area (Å²) in [6, 6.07) is 16.9. The van der Waals surface area contributed by atoms with E-state index in [0.717, 1.165) is 80.1 Å². The van der Waals surface area contributed by atoms with Gasteiger partial charge in [0.2, 0.25) is 0 Å². The van der Waals surface area contributed by atoms with E-state index in [4.69, 9.17) is 14.5 Å². The first-order valence-electron chi connectivity index (χ1n) is 13.8. The number of methoxy groups -OCH3 is 2. The fourth-order valence-corrected chi connectivity index (χ4v) is 4.64. The van der Waals surface area contributed by atoms with Crippen molar-refractivity contribution in [1.29, 1.82) is 0 Å². The molecule has 1 fully saturated rings. The quantitative estimate of drug-likeness (QED) is 0.397. The first kappa shape index (κ1) is 29.5. The number of benzene rings is 2. The summed E-state index contributed by atoms with van der Waals surface area (Å²) in [5.74, 6) is 2.46. The standard InChI is InChI=1S/C24H39N5O2.C7H8/c1-7-18(9-12-27(2)3)25-21-17-24(29-11-8-10-28(4)13-14-29)26-20-16-23(31-6)22(30-5)15-19(20)21;1-7-5-3-2-4-6-7/h15-18H,7-14H2,1-6H3,(H,25,26);2-6H,1H3. The summed E-state index contributed by atoms with van der Waals surface area (Å²) in [5, 5.41) is 4.89. The Kier molecular flexibility index (Phi) is 11.5. The molecule has 7 nitrogen and oxygen atoms in total. The number of aromatic nitrogens is 1. The Morgan fingerprint density at radius 3 is 2.29 bits per heavy atom. The number of likely N-dealkylation sites (N-methyl/N-ethyl adjacent to an activating group) is 1. The van der Waals surface area contributed by atoms with Gasteiger partial charge in [-0.3, -0.25) is 0 Å². The molecule has 38 heavy (non-hydrogen) atoms. The summed E-state index contributed by atoms with van der Waals surface area (Å²) in [5.41, 5.74) is 3.37. The van der Waals surface area contributed by atoms with E-state index in [-0.39, 0.29) is 0 Å². The number of hydrogen-bond acceptors (Lipinski definition) is 7. The van der Waals surface area contributed by atoms with Crippen LogP contribution in [0.15, 0.2) is 48.5 Å². The molecule has 208 valence electrons. The number of nitrogens with one attached hydrogen (secondary N) is 1. The lowest BCUT2D eigenvalue weighted by Gasteiger charge is -2.26. The van der Waals surface area contributed by atoms with E-state index in [0.29, 0.717) is 11.8 Å². The highest BCUT2D eigenvalue weighted by molar-refractivity contribution is 5.95. The Labute approximate surface area is 229 Å². The van der Waals surface area contributed by atoms with E-state index in [9.17, 15) is 0 Å². The maximum Gasteiger partial charge on any atom is 0.162 e. The van der Waals surface area contributed by atoms with Gasteiger partial charge in [0.05, 0.1) is 19.7 Å². The second-order valence-corrected chi connectivity index (χ2v) is 10.4. The maximum atomic E-state index is 5.58. The van der Waals surface area contributed by atoms with Gasteiger partial charge in [-0.2, -0.15) is 0 Å². The van der Waals surface area contributed by atoms with Gasteiger partial charge in [0, 0.05) is 48.9 Å². The molecule has 1 aliphatic rings. The molecule has 1 aliphatic heterocycles. The van der Waals surface area contributed by atoms with Crippen LogP contribution in [0.5, 0.6) is 11.5 Å². The highest BCUT2D eigenvalue weighted by atomic mass is 16.5. The van der Waals surface area contributed by atoms with Crippen LogP contribution in [0.2, 0.25) is 0 Å². The summed E-state index contributed by atoms with van der Waals surface area (Å²) >= 11 is 0. The molecule has 0 radical (unpaired) electrons. The lowest BCUT2D eigenvalue weighted by Crippen LogP contribution is -2.29. The number of ether oxygens (including phenoxy) is 2. The first-order valence-corrected chi connectivity index (χ1v) is 13.8. The van der Waals surface area contributed by atoms with Crippen molar-refractivity contribution >= 4 is 22.4 Å². The third-order valence-corrected chi connectivity index (χ3v) is 7.06. The second-order valence-electron chi connectivity index (χ2n) is 10.4. The molecule has 0 aliphatic carbocycles. The van der Waals surface area contributed by atoms with Gasteiger partial charge in [0.25, 0.3) is 0 Å². The predicted octanol–water partition coefficient (Wildman–Crippen LogP) is 5.53. The van der Waals surface area contributed by atoms with Gasteiger partial charge in [-0.15, -0.1) is 0 Å². The number of anilines is 2. The highest BCUT2D eigenvalue weighted by Gasteiger charge is 2.19. The lowest BCUT2D eigenvalue weighted by molar-refractivity contribution is 0.356. The largest absolute Gasteiger partial charge is 0.493 e. The molecule has 1 aromatic heterocycles. The van der Waals surface area contributed by atoms with E-state index in [1.54, 1.807) is 14.2 Å². The number of aryl methyl sites for hydroxylation is 1. The molecule has 4 rings (SSSR count). The minimum absolute atomic E-state index is 0.393. The average molecular weight is 522 g/mol. The van der Waals surface area contributed by atoms with Crippen molar-refractivity contribution in [3.05, 3.63) is 54.1 Å². The van der Waals surface area contributed by atoms with Crippen LogP contribution in [-0.4, -0.2) is 88.9 Å². The zero-order valence-electron chi connectivity index (χ0n) is 24.5. The van der Waals surface area contributed by atoms with Crippen molar-refractivity contribution in [2.75, 3.05) is 78.3 Å². The van der Waals surface area contributed by atoms with E-state index >= 15 is 0 Å². The van der Waals surface area contributed by atoms with Crippen LogP contribution >= 0.6 is 0 Å². The molecule has 3 aromatic rings. The Balaban J connectivity index is 0.000000494. The first-order chi connectivity index (χ1) is 18.3. The molecule has 1 N–H and O–H groups in total. The Hall–Kier alpha value is -3.03. The molecule has 1 saturated heterocycles. The predicted molar refractivity (Wildman–Crippen MR) is 161 cm³/mol. The summed E-state index contributed by atoms with van der Waals surface area (Å²) in [6.07, 6.45) is 3.30.